The van der Waals surface area contributed by atoms with Crippen molar-refractivity contribution >= 4 is 21.5 Å². The van der Waals surface area contributed by atoms with E-state index in [0.717, 1.165) is 33.5 Å². The van der Waals surface area contributed by atoms with E-state index in [-0.39, 0.29) is 30.7 Å². The summed E-state index contributed by atoms with van der Waals surface area (Å²) in [5.74, 6) is 1.84. The molecule has 0 saturated carbocycles. The van der Waals surface area contributed by atoms with E-state index < -0.39 is 19.9 Å². The van der Waals surface area contributed by atoms with E-state index in [1.165, 1.54) is 27.5 Å². The van der Waals surface area contributed by atoms with Crippen molar-refractivity contribution in [3.63, 3.8) is 0 Å². The molecule has 0 atom stereocenters. The van der Waals surface area contributed by atoms with Gasteiger partial charge in [0.2, 0.25) is 0 Å². The van der Waals surface area contributed by atoms with Crippen LogP contribution in [0.25, 0.3) is 21.5 Å². The zero-order chi connectivity index (χ0) is 21.7. The van der Waals surface area contributed by atoms with Crippen LogP contribution >= 0.6 is 0 Å². The van der Waals surface area contributed by atoms with E-state index in [1.54, 1.807) is 0 Å². The normalized spacial score (nSPS) is 12.3. The number of hydrogen-bond donors (Lipinski definition) is 0. The fourth-order valence-electron chi connectivity index (χ4n) is 4.76. The van der Waals surface area contributed by atoms with Gasteiger partial charge in [0.1, 0.15) is 0 Å². The molecule has 0 radical (unpaired) electrons. The van der Waals surface area contributed by atoms with Crippen molar-refractivity contribution in [1.82, 2.24) is 4.98 Å². The van der Waals surface area contributed by atoms with Crippen LogP contribution in [0.3, 0.4) is 0 Å². The van der Waals surface area contributed by atoms with Crippen LogP contribution in [0.1, 0.15) is 33.9 Å². The van der Waals surface area contributed by atoms with Gasteiger partial charge in [-0.15, -0.1) is 0 Å². The summed E-state index contributed by atoms with van der Waals surface area (Å²) in [6.07, 6.45) is 1.93. The molecule has 6 rings (SSSR count). The molecule has 0 N–H and O–H groups in total. The Morgan fingerprint density at radius 2 is 1.21 bits per heavy atom. The predicted octanol–water partition coefficient (Wildman–Crippen LogP) is 0.877. The molecule has 0 fully saturated rings. The molecular weight excluding hydrogens is 501 g/mol. The predicted molar refractivity (Wildman–Crippen MR) is 124 cm³/mol. The van der Waals surface area contributed by atoms with Crippen molar-refractivity contribution in [2.24, 2.45) is 0 Å². The van der Waals surface area contributed by atoms with Crippen LogP contribution in [0.15, 0.2) is 85.1 Å². The fraction of sp³-hybridized carbons (Fsp3) is 0.107. The standard InChI is InChI=1S/C28H23NO2.2ClH.Ti/c1-17-15-25(18(2)29-16-17)26(23-13-11-19-7-3-5-9-21(19)27(23)30)24-14-12-20-8-4-6-10-22(20)28(24)31;;;/h3-16,26,30-31H,1-2H3;2*1H;/q;;;+4/p-4. The first kappa shape index (κ1) is 24.6. The molecule has 2 heterocycles. The minimum atomic E-state index is -1.13. The van der Waals surface area contributed by atoms with Gasteiger partial charge in [0.15, 0.2) is 0 Å². The van der Waals surface area contributed by atoms with Crippen LogP contribution in [0.2, 0.25) is 0 Å². The van der Waals surface area contributed by atoms with Crippen LogP contribution in [-0.4, -0.2) is 4.98 Å². The molecule has 0 unspecified atom stereocenters. The minimum absolute atomic E-state index is 0. The van der Waals surface area contributed by atoms with E-state index in [4.69, 9.17) is 11.6 Å². The SMILES string of the molecule is Cc1cnc(C)c(C2c3ccc4ccccc4c3[O][Ti+2][O]c3c2ccc2ccccc32)c1.[Cl-].[Cl-]. The second-order valence-corrected chi connectivity index (χ2v) is 9.22. The first-order chi connectivity index (χ1) is 15.7. The quantitative estimate of drug-likeness (QED) is 0.307. The molecular formula is C28H21Cl2NO2Ti. The first-order valence-corrected chi connectivity index (χ1v) is 12.0. The van der Waals surface area contributed by atoms with E-state index in [1.807, 2.05) is 6.20 Å². The molecule has 1 aromatic heterocycles. The van der Waals surface area contributed by atoms with Crippen molar-refractivity contribution < 1.29 is 51.4 Å². The Labute approximate surface area is 221 Å². The Balaban J connectivity index is 0.00000137. The average Bonchev–Trinajstić information content (AvgIpc) is 2.81. The van der Waals surface area contributed by atoms with Gasteiger partial charge in [-0.25, -0.2) is 0 Å². The molecule has 1 aliphatic heterocycles. The molecule has 0 aliphatic carbocycles. The maximum atomic E-state index is 6.45. The van der Waals surface area contributed by atoms with Gasteiger partial charge in [-0.3, -0.25) is 0 Å². The summed E-state index contributed by atoms with van der Waals surface area (Å²) in [5.41, 5.74) is 5.70. The summed E-state index contributed by atoms with van der Waals surface area (Å²) in [7, 11) is 0. The molecule has 0 saturated heterocycles. The Hall–Kier alpha value is -2.56. The number of rotatable bonds is 1. The van der Waals surface area contributed by atoms with Gasteiger partial charge >= 0.3 is 197 Å². The van der Waals surface area contributed by atoms with Crippen LogP contribution in [0.5, 0.6) is 11.5 Å². The number of aryl methyl sites for hydroxylation is 2. The Morgan fingerprint density at radius 3 is 1.76 bits per heavy atom. The van der Waals surface area contributed by atoms with Crippen molar-refractivity contribution in [1.29, 1.82) is 0 Å². The number of nitrogens with zero attached hydrogens (tertiary/aromatic N) is 1. The molecule has 4 aromatic carbocycles. The molecule has 0 spiro atoms. The first-order valence-electron chi connectivity index (χ1n) is 10.8. The molecule has 0 bridgehead atoms. The number of fused-ring (bicyclic) bond motifs is 6. The number of halogens is 2. The summed E-state index contributed by atoms with van der Waals surface area (Å²) >= 11 is -1.13. The maximum absolute atomic E-state index is 6.45. The Morgan fingerprint density at radius 1 is 0.676 bits per heavy atom. The largest absolute Gasteiger partial charge is 1.00 e. The number of pyridine rings is 1. The molecule has 5 aromatic rings. The smallest absolute Gasteiger partial charge is 1.00 e. The van der Waals surface area contributed by atoms with Gasteiger partial charge in [0.05, 0.1) is 0 Å². The van der Waals surface area contributed by atoms with Crippen molar-refractivity contribution in [3.05, 3.63) is 113 Å². The second-order valence-electron chi connectivity index (χ2n) is 8.32. The monoisotopic (exact) mass is 521 g/mol. The van der Waals surface area contributed by atoms with Gasteiger partial charge in [-0.05, 0) is 0 Å². The van der Waals surface area contributed by atoms with Crippen LogP contribution < -0.4 is 31.5 Å². The number of benzene rings is 4. The van der Waals surface area contributed by atoms with Crippen LogP contribution in [-0.2, 0) is 19.9 Å². The maximum Gasteiger partial charge on any atom is -1.00 e. The third-order valence-electron chi connectivity index (χ3n) is 6.30. The zero-order valence-electron chi connectivity index (χ0n) is 18.7. The summed E-state index contributed by atoms with van der Waals surface area (Å²) in [6.45, 7) is 4.19. The summed E-state index contributed by atoms with van der Waals surface area (Å²) in [6, 6.07) is 27.9. The van der Waals surface area contributed by atoms with Crippen molar-refractivity contribution in [3.8, 4) is 11.5 Å². The van der Waals surface area contributed by atoms with Gasteiger partial charge in [0.25, 0.3) is 0 Å². The van der Waals surface area contributed by atoms with Crippen LogP contribution in [0, 0.1) is 13.8 Å². The number of aromatic nitrogens is 1. The topological polar surface area (TPSA) is 31.4 Å². The van der Waals surface area contributed by atoms with Crippen LogP contribution in [0.4, 0.5) is 0 Å². The van der Waals surface area contributed by atoms with Gasteiger partial charge in [0, 0.05) is 0 Å². The summed E-state index contributed by atoms with van der Waals surface area (Å²) in [5, 5.41) is 4.61. The Kier molecular flexibility index (Phi) is 7.21. The molecule has 6 heteroatoms. The summed E-state index contributed by atoms with van der Waals surface area (Å²) in [4.78, 5) is 4.70. The van der Waals surface area contributed by atoms with E-state index in [0.29, 0.717) is 0 Å². The average molecular weight is 522 g/mol. The molecule has 34 heavy (non-hydrogen) atoms. The summed E-state index contributed by atoms with van der Waals surface area (Å²) < 4.78 is 12.9. The van der Waals surface area contributed by atoms with Gasteiger partial charge in [-0.1, -0.05) is 0 Å². The Bertz CT molecular complexity index is 1420. The van der Waals surface area contributed by atoms with Gasteiger partial charge < -0.3 is 24.8 Å². The van der Waals surface area contributed by atoms with E-state index in [9.17, 15) is 0 Å². The number of hydrogen-bond acceptors (Lipinski definition) is 3. The van der Waals surface area contributed by atoms with E-state index in [2.05, 4.69) is 92.7 Å². The van der Waals surface area contributed by atoms with Crippen molar-refractivity contribution in [2.45, 2.75) is 19.8 Å². The molecule has 3 nitrogen and oxygen atoms in total. The third-order valence-corrected chi connectivity index (χ3v) is 7.20. The third kappa shape index (κ3) is 4.08. The molecule has 0 amide bonds. The van der Waals surface area contributed by atoms with E-state index >= 15 is 0 Å². The zero-order valence-corrected chi connectivity index (χ0v) is 21.8. The van der Waals surface area contributed by atoms with Crippen molar-refractivity contribution in [2.75, 3.05) is 0 Å². The molecule has 1 aliphatic rings. The second kappa shape index (κ2) is 9.97. The van der Waals surface area contributed by atoms with Gasteiger partial charge in [-0.2, -0.15) is 0 Å². The fourth-order valence-corrected chi connectivity index (χ4v) is 5.80. The molecule has 168 valence electrons. The minimum Gasteiger partial charge on any atom is -1.00 e.